The van der Waals surface area contributed by atoms with E-state index in [1.54, 1.807) is 4.90 Å². The van der Waals surface area contributed by atoms with E-state index >= 15 is 0 Å². The molecule has 0 aromatic carbocycles. The molecule has 0 aromatic rings. The average Bonchev–Trinajstić information content (AvgIpc) is 2.62. The van der Waals surface area contributed by atoms with Gasteiger partial charge in [0.05, 0.1) is 6.42 Å². The maximum atomic E-state index is 12.8. The monoisotopic (exact) mass is 390 g/mol. The molecule has 4 fully saturated rings. The third kappa shape index (κ3) is 4.76. The van der Waals surface area contributed by atoms with E-state index in [4.69, 9.17) is 4.74 Å². The first-order chi connectivity index (χ1) is 13.3. The number of carbonyl (C=O) groups is 3. The van der Waals surface area contributed by atoms with Crippen LogP contribution in [0.2, 0.25) is 0 Å². The molecule has 0 atom stereocenters. The molecule has 0 aliphatic heterocycles. The molecule has 4 rings (SSSR count). The van der Waals surface area contributed by atoms with E-state index in [1.807, 2.05) is 13.8 Å². The normalized spacial score (nSPS) is 30.0. The predicted molar refractivity (Wildman–Crippen MR) is 106 cm³/mol. The number of hydrogen-bond donors (Lipinski definition) is 1. The van der Waals surface area contributed by atoms with Crippen molar-refractivity contribution in [2.24, 2.45) is 23.2 Å². The van der Waals surface area contributed by atoms with E-state index in [1.165, 1.54) is 19.3 Å². The molecule has 4 bridgehead atoms. The molecule has 4 saturated carbocycles. The molecule has 1 N–H and O–H groups in total. The van der Waals surface area contributed by atoms with Gasteiger partial charge in [-0.1, -0.05) is 12.2 Å². The molecule has 2 amide bonds. The van der Waals surface area contributed by atoms with Gasteiger partial charge in [-0.05, 0) is 70.1 Å². The quantitative estimate of drug-likeness (QED) is 0.485. The summed E-state index contributed by atoms with van der Waals surface area (Å²) < 4.78 is 5.09. The van der Waals surface area contributed by atoms with Gasteiger partial charge in [-0.25, -0.2) is 0 Å². The Balaban J connectivity index is 1.38. The van der Waals surface area contributed by atoms with Crippen molar-refractivity contribution in [2.75, 3.05) is 26.2 Å². The van der Waals surface area contributed by atoms with Gasteiger partial charge >= 0.3 is 5.97 Å². The molecule has 6 nitrogen and oxygen atoms in total. The Morgan fingerprint density at radius 1 is 1.11 bits per heavy atom. The minimum Gasteiger partial charge on any atom is -0.456 e. The lowest BCUT2D eigenvalue weighted by Gasteiger charge is -2.55. The van der Waals surface area contributed by atoms with E-state index in [-0.39, 0.29) is 36.8 Å². The van der Waals surface area contributed by atoms with E-state index in [0.29, 0.717) is 30.8 Å². The largest absolute Gasteiger partial charge is 0.456 e. The molecular formula is C22H34N2O4. The zero-order valence-electron chi connectivity index (χ0n) is 17.3. The second-order valence-corrected chi connectivity index (χ2v) is 9.23. The van der Waals surface area contributed by atoms with Crippen molar-refractivity contribution in [3.63, 3.8) is 0 Å². The summed E-state index contributed by atoms with van der Waals surface area (Å²) in [5.74, 6) is 1.59. The Kier molecular flexibility index (Phi) is 6.46. The van der Waals surface area contributed by atoms with Gasteiger partial charge in [-0.3, -0.25) is 14.4 Å². The third-order valence-corrected chi connectivity index (χ3v) is 6.69. The van der Waals surface area contributed by atoms with E-state index in [2.05, 4.69) is 11.9 Å². The van der Waals surface area contributed by atoms with Gasteiger partial charge < -0.3 is 15.0 Å². The average molecular weight is 391 g/mol. The molecule has 0 saturated heterocycles. The first-order valence-electron chi connectivity index (χ1n) is 10.7. The molecule has 4 aliphatic rings. The summed E-state index contributed by atoms with van der Waals surface area (Å²) in [5, 5.41) is 2.97. The molecule has 0 unspecified atom stereocenters. The number of amides is 2. The fourth-order valence-corrected chi connectivity index (χ4v) is 5.86. The van der Waals surface area contributed by atoms with Crippen LogP contribution < -0.4 is 5.32 Å². The van der Waals surface area contributed by atoms with Crippen LogP contribution in [-0.4, -0.2) is 48.9 Å². The summed E-state index contributed by atoms with van der Waals surface area (Å²) in [6.45, 7) is 8.56. The van der Waals surface area contributed by atoms with Crippen LogP contribution in [0, 0.1) is 23.2 Å². The fourth-order valence-electron chi connectivity index (χ4n) is 5.86. The lowest BCUT2D eigenvalue weighted by molar-refractivity contribution is -0.152. The predicted octanol–water partition coefficient (Wildman–Crippen LogP) is 2.68. The molecule has 0 spiro atoms. The number of nitrogens with one attached hydrogen (secondary N) is 1. The number of ether oxygens (including phenoxy) is 1. The van der Waals surface area contributed by atoms with Crippen molar-refractivity contribution < 1.29 is 19.1 Å². The van der Waals surface area contributed by atoms with Crippen LogP contribution in [0.4, 0.5) is 0 Å². The molecule has 4 aliphatic carbocycles. The first kappa shape index (κ1) is 20.9. The summed E-state index contributed by atoms with van der Waals surface area (Å²) in [6, 6.07) is 0. The highest BCUT2D eigenvalue weighted by molar-refractivity contribution is 5.84. The molecule has 156 valence electrons. The Labute approximate surface area is 168 Å². The van der Waals surface area contributed by atoms with Gasteiger partial charge in [0.25, 0.3) is 5.91 Å². The first-order valence-corrected chi connectivity index (χ1v) is 10.7. The molecular weight excluding hydrogens is 356 g/mol. The maximum Gasteiger partial charge on any atom is 0.308 e. The number of carbonyl (C=O) groups excluding carboxylic acids is 3. The number of esters is 1. The van der Waals surface area contributed by atoms with Crippen molar-refractivity contribution in [1.29, 1.82) is 0 Å². The Bertz CT molecular complexity index is 607. The van der Waals surface area contributed by atoms with Crippen LogP contribution in [0.1, 0.15) is 58.8 Å². The second-order valence-electron chi connectivity index (χ2n) is 9.23. The van der Waals surface area contributed by atoms with Crippen molar-refractivity contribution in [3.8, 4) is 0 Å². The SMILES string of the molecule is C=C(C)CN(CC)C(=O)COC(=O)CCNC(=O)C12CC3CC(CC(C3)C1)C2. The molecule has 0 aromatic heterocycles. The number of hydrogen-bond acceptors (Lipinski definition) is 4. The summed E-state index contributed by atoms with van der Waals surface area (Å²) in [4.78, 5) is 38.5. The Morgan fingerprint density at radius 3 is 2.18 bits per heavy atom. The van der Waals surface area contributed by atoms with Crippen LogP contribution in [0.25, 0.3) is 0 Å². The zero-order valence-corrected chi connectivity index (χ0v) is 17.3. The van der Waals surface area contributed by atoms with Gasteiger partial charge in [0.2, 0.25) is 5.91 Å². The van der Waals surface area contributed by atoms with Crippen molar-refractivity contribution in [2.45, 2.75) is 58.8 Å². The van der Waals surface area contributed by atoms with Gasteiger partial charge in [0, 0.05) is 25.0 Å². The Morgan fingerprint density at radius 2 is 1.68 bits per heavy atom. The minimum atomic E-state index is -0.453. The highest BCUT2D eigenvalue weighted by atomic mass is 16.5. The number of rotatable bonds is 9. The number of likely N-dealkylation sites (N-methyl/N-ethyl adjacent to an activating group) is 1. The molecule has 28 heavy (non-hydrogen) atoms. The summed E-state index contributed by atoms with van der Waals surface area (Å²) in [6.07, 6.45) is 7.03. The van der Waals surface area contributed by atoms with Gasteiger partial charge in [0.15, 0.2) is 6.61 Å². The van der Waals surface area contributed by atoms with Crippen LogP contribution in [0.15, 0.2) is 12.2 Å². The van der Waals surface area contributed by atoms with Crippen LogP contribution in [0.3, 0.4) is 0 Å². The highest BCUT2D eigenvalue weighted by Crippen LogP contribution is 2.60. The highest BCUT2D eigenvalue weighted by Gasteiger charge is 2.54. The van der Waals surface area contributed by atoms with Gasteiger partial charge in [-0.2, -0.15) is 0 Å². The Hall–Kier alpha value is -1.85. The minimum absolute atomic E-state index is 0.0952. The zero-order chi connectivity index (χ0) is 20.3. The fraction of sp³-hybridized carbons (Fsp3) is 0.773. The van der Waals surface area contributed by atoms with Crippen LogP contribution >= 0.6 is 0 Å². The summed E-state index contributed by atoms with van der Waals surface area (Å²) in [5.41, 5.74) is 0.688. The van der Waals surface area contributed by atoms with Crippen molar-refractivity contribution >= 4 is 17.8 Å². The van der Waals surface area contributed by atoms with Crippen molar-refractivity contribution in [1.82, 2.24) is 10.2 Å². The molecule has 0 radical (unpaired) electrons. The third-order valence-electron chi connectivity index (χ3n) is 6.69. The maximum absolute atomic E-state index is 12.8. The summed E-state index contributed by atoms with van der Waals surface area (Å²) in [7, 11) is 0. The van der Waals surface area contributed by atoms with Crippen LogP contribution in [-0.2, 0) is 19.1 Å². The van der Waals surface area contributed by atoms with Gasteiger partial charge in [-0.15, -0.1) is 0 Å². The lowest BCUT2D eigenvalue weighted by atomic mass is 9.49. The lowest BCUT2D eigenvalue weighted by Crippen LogP contribution is -2.53. The molecule has 0 heterocycles. The second kappa shape index (κ2) is 8.66. The van der Waals surface area contributed by atoms with Crippen LogP contribution in [0.5, 0.6) is 0 Å². The van der Waals surface area contributed by atoms with E-state index in [0.717, 1.165) is 24.8 Å². The van der Waals surface area contributed by atoms with Gasteiger partial charge in [0.1, 0.15) is 0 Å². The van der Waals surface area contributed by atoms with E-state index in [9.17, 15) is 14.4 Å². The topological polar surface area (TPSA) is 75.7 Å². The molecule has 6 heteroatoms. The van der Waals surface area contributed by atoms with E-state index < -0.39 is 5.97 Å². The standard InChI is InChI=1S/C22H34N2O4/c1-4-24(13-15(2)3)19(25)14-28-20(26)5-6-23-21(27)22-10-16-7-17(11-22)9-18(8-16)12-22/h16-18H,2,4-14H2,1,3H3,(H,23,27). The number of nitrogens with zero attached hydrogens (tertiary/aromatic N) is 1. The van der Waals surface area contributed by atoms with Crippen molar-refractivity contribution in [3.05, 3.63) is 12.2 Å². The smallest absolute Gasteiger partial charge is 0.308 e. The summed E-state index contributed by atoms with van der Waals surface area (Å²) >= 11 is 0.